The van der Waals surface area contributed by atoms with E-state index in [9.17, 15) is 14.6 Å². The number of fused-ring (bicyclic) bond motifs is 1. The zero-order valence-electron chi connectivity index (χ0n) is 14.4. The molecule has 4 heterocycles. The highest BCUT2D eigenvalue weighted by molar-refractivity contribution is 5.83. The molecule has 3 N–H and O–H groups in total. The Bertz CT molecular complexity index is 781. The second-order valence-electron chi connectivity index (χ2n) is 6.68. The number of aliphatic hydroxyl groups is 2. The van der Waals surface area contributed by atoms with E-state index in [-0.39, 0.29) is 6.04 Å². The third-order valence-corrected chi connectivity index (χ3v) is 4.86. The molecular formula is C16H22FN5O4. The molecule has 0 aromatic carbocycles. The van der Waals surface area contributed by atoms with Gasteiger partial charge in [-0.1, -0.05) is 0 Å². The number of rotatable bonds is 4. The highest BCUT2D eigenvalue weighted by Crippen LogP contribution is 2.33. The van der Waals surface area contributed by atoms with Gasteiger partial charge < -0.3 is 25.0 Å². The maximum atomic E-state index is 13.0. The SMILES string of the molecule is Cc1nc(NC2CCOCC2)c2ncn([C@@H]3O[C@H](CF)[C@@H](O)[C@H]3O)c2n1. The Kier molecular flexibility index (Phi) is 4.74. The van der Waals surface area contributed by atoms with E-state index < -0.39 is 31.2 Å². The molecule has 26 heavy (non-hydrogen) atoms. The zero-order chi connectivity index (χ0) is 18.3. The van der Waals surface area contributed by atoms with E-state index in [1.807, 2.05) is 0 Å². The van der Waals surface area contributed by atoms with Crippen molar-refractivity contribution in [3.63, 3.8) is 0 Å². The first-order valence-corrected chi connectivity index (χ1v) is 8.71. The van der Waals surface area contributed by atoms with Crippen molar-refractivity contribution < 1.29 is 24.1 Å². The monoisotopic (exact) mass is 367 g/mol. The number of halogens is 1. The molecule has 10 heteroatoms. The number of nitrogens with zero attached hydrogens (tertiary/aromatic N) is 4. The molecule has 4 rings (SSSR count). The maximum Gasteiger partial charge on any atom is 0.167 e. The van der Waals surface area contributed by atoms with Crippen molar-refractivity contribution in [3.8, 4) is 0 Å². The predicted molar refractivity (Wildman–Crippen MR) is 89.4 cm³/mol. The molecule has 0 unspecified atom stereocenters. The molecule has 2 aliphatic heterocycles. The lowest BCUT2D eigenvalue weighted by molar-refractivity contribution is -0.0409. The lowest BCUT2D eigenvalue weighted by Gasteiger charge is -2.23. The molecule has 0 radical (unpaired) electrons. The van der Waals surface area contributed by atoms with Gasteiger partial charge >= 0.3 is 0 Å². The fraction of sp³-hybridized carbons (Fsp3) is 0.688. The Morgan fingerprint density at radius 1 is 1.27 bits per heavy atom. The van der Waals surface area contributed by atoms with Crippen molar-refractivity contribution in [3.05, 3.63) is 12.2 Å². The van der Waals surface area contributed by atoms with E-state index in [0.717, 1.165) is 12.8 Å². The van der Waals surface area contributed by atoms with E-state index in [1.54, 1.807) is 6.92 Å². The molecule has 2 saturated heterocycles. The van der Waals surface area contributed by atoms with Crippen molar-refractivity contribution in [1.29, 1.82) is 0 Å². The summed E-state index contributed by atoms with van der Waals surface area (Å²) in [5.41, 5.74) is 0.999. The minimum Gasteiger partial charge on any atom is -0.387 e. The number of hydrogen-bond acceptors (Lipinski definition) is 8. The third kappa shape index (κ3) is 3.02. The first-order valence-electron chi connectivity index (χ1n) is 8.71. The van der Waals surface area contributed by atoms with Gasteiger partial charge in [0, 0.05) is 19.3 Å². The molecule has 2 aromatic rings. The number of aliphatic hydroxyl groups excluding tert-OH is 2. The van der Waals surface area contributed by atoms with E-state index in [0.29, 0.717) is 36.0 Å². The number of alkyl halides is 1. The molecule has 0 amide bonds. The molecule has 0 spiro atoms. The first kappa shape index (κ1) is 17.5. The number of aryl methyl sites for hydroxylation is 1. The van der Waals surface area contributed by atoms with Crippen molar-refractivity contribution in [2.75, 3.05) is 25.2 Å². The minimum atomic E-state index is -1.30. The van der Waals surface area contributed by atoms with Gasteiger partial charge in [0.05, 0.1) is 6.33 Å². The highest BCUT2D eigenvalue weighted by atomic mass is 19.1. The number of hydrogen-bond donors (Lipinski definition) is 3. The summed E-state index contributed by atoms with van der Waals surface area (Å²) in [5.74, 6) is 1.14. The van der Waals surface area contributed by atoms with Gasteiger partial charge in [-0.25, -0.2) is 19.3 Å². The quantitative estimate of drug-likeness (QED) is 0.708. The van der Waals surface area contributed by atoms with Crippen LogP contribution < -0.4 is 5.32 Å². The molecule has 0 saturated carbocycles. The topological polar surface area (TPSA) is 115 Å². The van der Waals surface area contributed by atoms with Crippen LogP contribution in [-0.2, 0) is 9.47 Å². The lowest BCUT2D eigenvalue weighted by Crippen LogP contribution is -2.32. The van der Waals surface area contributed by atoms with E-state index >= 15 is 0 Å². The first-order chi connectivity index (χ1) is 12.6. The smallest absolute Gasteiger partial charge is 0.167 e. The highest BCUT2D eigenvalue weighted by Gasteiger charge is 2.44. The Hall–Kier alpha value is -1.88. The largest absolute Gasteiger partial charge is 0.387 e. The Morgan fingerprint density at radius 2 is 2.04 bits per heavy atom. The molecule has 9 nitrogen and oxygen atoms in total. The summed E-state index contributed by atoms with van der Waals surface area (Å²) in [7, 11) is 0. The Morgan fingerprint density at radius 3 is 2.73 bits per heavy atom. The lowest BCUT2D eigenvalue weighted by atomic mass is 10.1. The summed E-state index contributed by atoms with van der Waals surface area (Å²) < 4.78 is 25.3. The number of imidazole rings is 1. The number of nitrogens with one attached hydrogen (secondary N) is 1. The van der Waals surface area contributed by atoms with Crippen LogP contribution >= 0.6 is 0 Å². The van der Waals surface area contributed by atoms with Crippen molar-refractivity contribution in [2.45, 2.75) is 50.3 Å². The van der Waals surface area contributed by atoms with Gasteiger partial charge in [-0.2, -0.15) is 0 Å². The Balaban J connectivity index is 1.67. The second kappa shape index (κ2) is 7.03. The number of anilines is 1. The molecule has 4 atom stereocenters. The van der Waals surface area contributed by atoms with Gasteiger partial charge in [0.15, 0.2) is 23.2 Å². The summed E-state index contributed by atoms with van der Waals surface area (Å²) in [4.78, 5) is 13.2. The summed E-state index contributed by atoms with van der Waals surface area (Å²) in [6.45, 7) is 2.27. The molecule has 0 aliphatic carbocycles. The van der Waals surface area contributed by atoms with Crippen LogP contribution in [0.5, 0.6) is 0 Å². The number of aromatic nitrogens is 4. The van der Waals surface area contributed by atoms with Gasteiger partial charge in [0.2, 0.25) is 0 Å². The van der Waals surface area contributed by atoms with Crippen LogP contribution in [0.25, 0.3) is 11.2 Å². The van der Waals surface area contributed by atoms with Gasteiger partial charge in [-0.15, -0.1) is 0 Å². The van der Waals surface area contributed by atoms with Crippen molar-refractivity contribution >= 4 is 17.0 Å². The zero-order valence-corrected chi connectivity index (χ0v) is 14.4. The van der Waals surface area contributed by atoms with Crippen LogP contribution in [0.4, 0.5) is 10.2 Å². The molecule has 142 valence electrons. The predicted octanol–water partition coefficient (Wildman–Crippen LogP) is 0.314. The third-order valence-electron chi connectivity index (χ3n) is 4.86. The minimum absolute atomic E-state index is 0.234. The van der Waals surface area contributed by atoms with Crippen molar-refractivity contribution in [1.82, 2.24) is 19.5 Å². The second-order valence-corrected chi connectivity index (χ2v) is 6.68. The van der Waals surface area contributed by atoms with Crippen LogP contribution in [0, 0.1) is 6.92 Å². The van der Waals surface area contributed by atoms with Crippen LogP contribution in [-0.4, -0.2) is 74.0 Å². The van der Waals surface area contributed by atoms with Gasteiger partial charge in [0.25, 0.3) is 0 Å². The standard InChI is InChI=1S/C16H22FN5O4/c1-8-19-14(21-9-2-4-25-5-3-9)11-15(20-8)22(7-18-11)16-13(24)12(23)10(6-17)26-16/h7,9-10,12-13,16,23-24H,2-6H2,1H3,(H,19,20,21)/t10-,12-,13-,16-/m1/s1. The van der Waals surface area contributed by atoms with Gasteiger partial charge in [-0.05, 0) is 19.8 Å². The summed E-state index contributed by atoms with van der Waals surface area (Å²) in [5, 5.41) is 23.5. The molecule has 2 fully saturated rings. The van der Waals surface area contributed by atoms with E-state index in [4.69, 9.17) is 9.47 Å². The van der Waals surface area contributed by atoms with Gasteiger partial charge in [0.1, 0.15) is 30.8 Å². The van der Waals surface area contributed by atoms with Crippen LogP contribution in [0.2, 0.25) is 0 Å². The summed E-state index contributed by atoms with van der Waals surface area (Å²) in [6, 6.07) is 0.234. The fourth-order valence-electron chi connectivity index (χ4n) is 3.43. The summed E-state index contributed by atoms with van der Waals surface area (Å²) in [6.07, 6.45) is -1.38. The number of ether oxygens (including phenoxy) is 2. The van der Waals surface area contributed by atoms with Gasteiger partial charge in [-0.3, -0.25) is 4.57 Å². The van der Waals surface area contributed by atoms with E-state index in [1.165, 1.54) is 10.9 Å². The average molecular weight is 367 g/mol. The van der Waals surface area contributed by atoms with Crippen LogP contribution in [0.1, 0.15) is 24.9 Å². The molecule has 2 aliphatic rings. The van der Waals surface area contributed by atoms with E-state index in [2.05, 4.69) is 20.3 Å². The molecular weight excluding hydrogens is 345 g/mol. The fourth-order valence-corrected chi connectivity index (χ4v) is 3.43. The Labute approximate surface area is 149 Å². The normalized spacial score (nSPS) is 30.2. The molecule has 0 bridgehead atoms. The molecule has 2 aromatic heterocycles. The maximum absolute atomic E-state index is 13.0. The van der Waals surface area contributed by atoms with Crippen LogP contribution in [0.15, 0.2) is 6.33 Å². The average Bonchev–Trinajstić information content (AvgIpc) is 3.17. The summed E-state index contributed by atoms with van der Waals surface area (Å²) >= 11 is 0. The van der Waals surface area contributed by atoms with Crippen molar-refractivity contribution in [2.24, 2.45) is 0 Å². The van der Waals surface area contributed by atoms with Crippen LogP contribution in [0.3, 0.4) is 0 Å².